The van der Waals surface area contributed by atoms with Gasteiger partial charge >= 0.3 is 6.18 Å². The highest BCUT2D eigenvalue weighted by atomic mass is 19.4. The Balaban J connectivity index is 1.26. The van der Waals surface area contributed by atoms with E-state index >= 15 is 0 Å². The van der Waals surface area contributed by atoms with Gasteiger partial charge in [0.2, 0.25) is 5.91 Å². The standard InChI is InChI=1S/C24H21F3N2O2/c25-24(26,27)17-5-7-19(8-6-17)31-22-3-1-2-16-14-29(11-10-20(16)22)23(30)13-18-12-15-4-9-21(15)28-18/h1-8,12,21,28H,9-11,13-14H2. The fraction of sp³-hybridized carbons (Fsp3) is 0.292. The molecule has 1 unspecified atom stereocenters. The maximum absolute atomic E-state index is 12.8. The molecule has 31 heavy (non-hydrogen) atoms. The van der Waals surface area contributed by atoms with Crippen molar-refractivity contribution in [2.75, 3.05) is 6.54 Å². The van der Waals surface area contributed by atoms with Crippen molar-refractivity contribution in [1.82, 2.24) is 10.2 Å². The molecule has 1 N–H and O–H groups in total. The second kappa shape index (κ2) is 7.48. The van der Waals surface area contributed by atoms with Crippen LogP contribution in [0.4, 0.5) is 13.2 Å². The summed E-state index contributed by atoms with van der Waals surface area (Å²) in [5.74, 6) is 1.05. The third-order valence-corrected chi connectivity index (χ3v) is 6.02. The average Bonchev–Trinajstić information content (AvgIpc) is 3.01. The number of nitrogens with one attached hydrogen (secondary N) is 1. The molecular formula is C24H21F3N2O2. The zero-order valence-electron chi connectivity index (χ0n) is 16.7. The van der Waals surface area contributed by atoms with E-state index in [1.165, 1.54) is 17.7 Å². The van der Waals surface area contributed by atoms with Crippen LogP contribution in [0.25, 0.3) is 0 Å². The van der Waals surface area contributed by atoms with Crippen molar-refractivity contribution in [3.63, 3.8) is 0 Å². The molecule has 0 bridgehead atoms. The Morgan fingerprint density at radius 1 is 1.16 bits per heavy atom. The molecule has 0 saturated carbocycles. The highest BCUT2D eigenvalue weighted by Gasteiger charge is 2.31. The highest BCUT2D eigenvalue weighted by molar-refractivity contribution is 5.79. The first kappa shape index (κ1) is 19.7. The lowest BCUT2D eigenvalue weighted by molar-refractivity contribution is -0.137. The minimum atomic E-state index is -4.37. The Kier molecular flexibility index (Phi) is 4.76. The molecule has 1 aliphatic carbocycles. The van der Waals surface area contributed by atoms with Gasteiger partial charge in [-0.05, 0) is 60.4 Å². The lowest BCUT2D eigenvalue weighted by Gasteiger charge is -2.30. The van der Waals surface area contributed by atoms with Gasteiger partial charge in [-0.25, -0.2) is 0 Å². The van der Waals surface area contributed by atoms with Crippen LogP contribution in [0, 0.1) is 0 Å². The van der Waals surface area contributed by atoms with Gasteiger partial charge in [-0.2, -0.15) is 13.2 Å². The van der Waals surface area contributed by atoms with Gasteiger partial charge in [-0.15, -0.1) is 0 Å². The van der Waals surface area contributed by atoms with Crippen molar-refractivity contribution >= 4 is 5.91 Å². The van der Waals surface area contributed by atoms with Gasteiger partial charge < -0.3 is 15.0 Å². The van der Waals surface area contributed by atoms with E-state index in [4.69, 9.17) is 4.74 Å². The van der Waals surface area contributed by atoms with E-state index in [1.54, 1.807) is 0 Å². The number of hydrogen-bond acceptors (Lipinski definition) is 3. The zero-order chi connectivity index (χ0) is 21.6. The summed E-state index contributed by atoms with van der Waals surface area (Å²) in [5, 5.41) is 3.38. The Labute approximate surface area is 178 Å². The molecule has 0 saturated heterocycles. The normalized spacial score (nSPS) is 19.5. The van der Waals surface area contributed by atoms with E-state index in [9.17, 15) is 18.0 Å². The average molecular weight is 426 g/mol. The molecule has 2 aromatic rings. The predicted molar refractivity (Wildman–Crippen MR) is 109 cm³/mol. The third kappa shape index (κ3) is 3.92. The van der Waals surface area contributed by atoms with Crippen LogP contribution in [-0.4, -0.2) is 23.4 Å². The molecule has 0 aromatic heterocycles. The largest absolute Gasteiger partial charge is 0.457 e. The second-order valence-electron chi connectivity index (χ2n) is 8.07. The number of nitrogens with zero attached hydrogens (tertiary/aromatic N) is 1. The SMILES string of the molecule is O=C(CC1=CC2=CCC2N1)N1CCc2c(cccc2Oc2ccc(C(F)(F)F)cc2)C1. The summed E-state index contributed by atoms with van der Waals surface area (Å²) in [5.41, 5.74) is 3.54. The lowest BCUT2D eigenvalue weighted by atomic mass is 9.95. The number of rotatable bonds is 4. The van der Waals surface area contributed by atoms with Gasteiger partial charge in [0, 0.05) is 24.4 Å². The fourth-order valence-electron chi connectivity index (χ4n) is 4.24. The first-order chi connectivity index (χ1) is 14.9. The number of alkyl halides is 3. The predicted octanol–water partition coefficient (Wildman–Crippen LogP) is 4.96. The number of hydrogen-bond donors (Lipinski definition) is 1. The van der Waals surface area contributed by atoms with Crippen molar-refractivity contribution in [3.05, 3.63) is 82.6 Å². The lowest BCUT2D eigenvalue weighted by Crippen LogP contribution is -2.37. The molecule has 4 nitrogen and oxygen atoms in total. The van der Waals surface area contributed by atoms with E-state index in [0.29, 0.717) is 43.5 Å². The van der Waals surface area contributed by atoms with Crippen LogP contribution >= 0.6 is 0 Å². The van der Waals surface area contributed by atoms with E-state index < -0.39 is 11.7 Å². The zero-order valence-corrected chi connectivity index (χ0v) is 16.7. The van der Waals surface area contributed by atoms with Crippen molar-refractivity contribution in [1.29, 1.82) is 0 Å². The van der Waals surface area contributed by atoms with Gasteiger partial charge in [0.05, 0.1) is 18.0 Å². The number of carbonyl (C=O) groups excluding carboxylic acids is 1. The molecule has 5 rings (SSSR count). The summed E-state index contributed by atoms with van der Waals surface area (Å²) < 4.78 is 44.2. The van der Waals surface area contributed by atoms with Crippen molar-refractivity contribution in [3.8, 4) is 11.5 Å². The monoisotopic (exact) mass is 426 g/mol. The van der Waals surface area contributed by atoms with Crippen LogP contribution in [0.2, 0.25) is 0 Å². The quantitative estimate of drug-likeness (QED) is 0.752. The number of benzene rings is 2. The molecule has 2 aromatic carbocycles. The number of halogens is 3. The Hall–Kier alpha value is -3.22. The Morgan fingerprint density at radius 3 is 2.61 bits per heavy atom. The number of carbonyl (C=O) groups is 1. The molecule has 0 fully saturated rings. The highest BCUT2D eigenvalue weighted by Crippen LogP contribution is 2.35. The Bertz CT molecular complexity index is 1090. The molecule has 1 atom stereocenters. The summed E-state index contributed by atoms with van der Waals surface area (Å²) >= 11 is 0. The summed E-state index contributed by atoms with van der Waals surface area (Å²) in [6.07, 6.45) is 1.89. The van der Waals surface area contributed by atoms with Gasteiger partial charge in [-0.3, -0.25) is 4.79 Å². The number of ether oxygens (including phenoxy) is 1. The molecule has 0 radical (unpaired) electrons. The smallest absolute Gasteiger partial charge is 0.416 e. The molecule has 0 spiro atoms. The third-order valence-electron chi connectivity index (χ3n) is 6.02. The van der Waals surface area contributed by atoms with Crippen LogP contribution < -0.4 is 10.1 Å². The van der Waals surface area contributed by atoms with Gasteiger partial charge in [-0.1, -0.05) is 18.2 Å². The molecule has 7 heteroatoms. The van der Waals surface area contributed by atoms with Crippen molar-refractivity contribution < 1.29 is 22.7 Å². The summed E-state index contributed by atoms with van der Waals surface area (Å²) in [7, 11) is 0. The van der Waals surface area contributed by atoms with E-state index in [-0.39, 0.29) is 5.91 Å². The topological polar surface area (TPSA) is 41.6 Å². The van der Waals surface area contributed by atoms with Gasteiger partial charge in [0.15, 0.2) is 0 Å². The van der Waals surface area contributed by atoms with Crippen LogP contribution in [0.1, 0.15) is 29.5 Å². The first-order valence-electron chi connectivity index (χ1n) is 10.3. The van der Waals surface area contributed by atoms with Crippen LogP contribution in [-0.2, 0) is 23.9 Å². The molecule has 1 amide bonds. The minimum absolute atomic E-state index is 0.0837. The Morgan fingerprint density at radius 2 is 1.97 bits per heavy atom. The number of fused-ring (bicyclic) bond motifs is 2. The molecular weight excluding hydrogens is 405 g/mol. The van der Waals surface area contributed by atoms with Gasteiger partial charge in [0.1, 0.15) is 11.5 Å². The van der Waals surface area contributed by atoms with Crippen LogP contribution in [0.15, 0.2) is 65.9 Å². The maximum atomic E-state index is 12.8. The second-order valence-corrected chi connectivity index (χ2v) is 8.07. The summed E-state index contributed by atoms with van der Waals surface area (Å²) in [6.45, 7) is 1.08. The fourth-order valence-corrected chi connectivity index (χ4v) is 4.24. The summed E-state index contributed by atoms with van der Waals surface area (Å²) in [6, 6.07) is 10.7. The van der Waals surface area contributed by atoms with E-state index in [0.717, 1.165) is 35.4 Å². The molecule has 3 aliphatic rings. The van der Waals surface area contributed by atoms with Crippen molar-refractivity contribution in [2.24, 2.45) is 0 Å². The molecule has 2 heterocycles. The molecule has 160 valence electrons. The first-order valence-corrected chi connectivity index (χ1v) is 10.3. The van der Waals surface area contributed by atoms with E-state index in [1.807, 2.05) is 23.1 Å². The molecule has 2 aliphatic heterocycles. The summed E-state index contributed by atoms with van der Waals surface area (Å²) in [4.78, 5) is 14.6. The minimum Gasteiger partial charge on any atom is -0.457 e. The van der Waals surface area contributed by atoms with Crippen LogP contribution in [0.3, 0.4) is 0 Å². The van der Waals surface area contributed by atoms with Crippen molar-refractivity contribution in [2.45, 2.75) is 38.0 Å². The maximum Gasteiger partial charge on any atom is 0.416 e. The van der Waals surface area contributed by atoms with Crippen LogP contribution in [0.5, 0.6) is 11.5 Å². The van der Waals surface area contributed by atoms with E-state index in [2.05, 4.69) is 17.5 Å². The van der Waals surface area contributed by atoms with Gasteiger partial charge in [0.25, 0.3) is 0 Å². The number of amides is 1.